The second kappa shape index (κ2) is 13.1. The number of carbonyl (C=O) groups excluding carboxylic acids is 2. The summed E-state index contributed by atoms with van der Waals surface area (Å²) in [6.45, 7) is 2.80. The van der Waals surface area contributed by atoms with Crippen molar-refractivity contribution >= 4 is 23.4 Å². The van der Waals surface area contributed by atoms with Crippen LogP contribution in [0, 0.1) is 0 Å². The van der Waals surface area contributed by atoms with Gasteiger partial charge in [0.2, 0.25) is 11.8 Å². The molecule has 1 N–H and O–H groups in total. The molecule has 2 aliphatic rings. The van der Waals surface area contributed by atoms with E-state index in [-0.39, 0.29) is 29.8 Å². The molecule has 2 atom stereocenters. The summed E-state index contributed by atoms with van der Waals surface area (Å²) < 4.78 is 5.85. The first-order chi connectivity index (χ1) is 17.6. The Kier molecular flexibility index (Phi) is 9.68. The Balaban J connectivity index is 1.69. The summed E-state index contributed by atoms with van der Waals surface area (Å²) in [4.78, 5) is 29.2. The van der Waals surface area contributed by atoms with E-state index < -0.39 is 6.04 Å². The fraction of sp³-hybridized carbons (Fsp3) is 0.533. The van der Waals surface area contributed by atoms with Crippen LogP contribution in [-0.4, -0.2) is 35.2 Å². The van der Waals surface area contributed by atoms with Crippen LogP contribution in [0.15, 0.2) is 48.5 Å². The molecule has 0 unspecified atom stereocenters. The molecule has 1 saturated carbocycles. The fourth-order valence-corrected chi connectivity index (χ4v) is 5.77. The minimum absolute atomic E-state index is 0.122. The number of hydrogen-bond acceptors (Lipinski definition) is 3. The number of benzene rings is 2. The number of amides is 2. The molecule has 1 fully saturated rings. The second-order valence-electron chi connectivity index (χ2n) is 10.1. The summed E-state index contributed by atoms with van der Waals surface area (Å²) in [6, 6.07) is 15.2. The molecule has 0 aliphatic heterocycles. The summed E-state index contributed by atoms with van der Waals surface area (Å²) in [5, 5.41) is 3.29. The molecule has 0 heterocycles. The summed E-state index contributed by atoms with van der Waals surface area (Å²) in [7, 11) is 0. The van der Waals surface area contributed by atoms with Crippen molar-refractivity contribution < 1.29 is 14.3 Å². The molecular formula is C30H39ClN2O3. The lowest BCUT2D eigenvalue weighted by Gasteiger charge is -2.41. The van der Waals surface area contributed by atoms with E-state index in [2.05, 4.69) is 24.4 Å². The number of nitrogens with zero attached hydrogens (tertiary/aromatic N) is 1. The quantitative estimate of drug-likeness (QED) is 0.293. The Morgan fingerprint density at radius 2 is 1.78 bits per heavy atom. The van der Waals surface area contributed by atoms with Crippen molar-refractivity contribution in [3.63, 3.8) is 0 Å². The highest BCUT2D eigenvalue weighted by Crippen LogP contribution is 2.40. The van der Waals surface area contributed by atoms with Gasteiger partial charge < -0.3 is 15.0 Å². The summed E-state index contributed by atoms with van der Waals surface area (Å²) in [6.07, 6.45) is 10.3. The van der Waals surface area contributed by atoms with E-state index >= 15 is 0 Å². The van der Waals surface area contributed by atoms with Gasteiger partial charge in [-0.15, -0.1) is 11.6 Å². The number of nitrogens with one attached hydrogen (secondary N) is 1. The fourth-order valence-electron chi connectivity index (χ4n) is 5.63. The summed E-state index contributed by atoms with van der Waals surface area (Å²) in [5.41, 5.74) is 3.15. The number of carbonyl (C=O) groups is 2. The van der Waals surface area contributed by atoms with Crippen molar-refractivity contribution in [2.24, 2.45) is 0 Å². The lowest BCUT2D eigenvalue weighted by atomic mass is 9.85. The molecule has 2 aromatic rings. The van der Waals surface area contributed by atoms with Crippen molar-refractivity contribution in [2.45, 2.75) is 89.3 Å². The van der Waals surface area contributed by atoms with E-state index in [4.69, 9.17) is 16.3 Å². The Hall–Kier alpha value is -2.53. The second-order valence-corrected chi connectivity index (χ2v) is 10.3. The lowest BCUT2D eigenvalue weighted by molar-refractivity contribution is -0.142. The van der Waals surface area contributed by atoms with Crippen molar-refractivity contribution in [2.75, 3.05) is 12.5 Å². The molecule has 0 bridgehead atoms. The van der Waals surface area contributed by atoms with Crippen LogP contribution >= 0.6 is 11.6 Å². The highest BCUT2D eigenvalue weighted by molar-refractivity contribution is 6.27. The van der Waals surface area contributed by atoms with Crippen LogP contribution in [0.2, 0.25) is 0 Å². The van der Waals surface area contributed by atoms with Gasteiger partial charge in [0.05, 0.1) is 12.6 Å². The van der Waals surface area contributed by atoms with E-state index in [0.29, 0.717) is 6.61 Å². The number of fused-ring (bicyclic) bond motifs is 1. The predicted octanol–water partition coefficient (Wildman–Crippen LogP) is 6.50. The number of unbranched alkanes of at least 4 members (excludes halogenated alkanes) is 1. The third kappa shape index (κ3) is 6.42. The van der Waals surface area contributed by atoms with Crippen LogP contribution in [0.5, 0.6) is 5.75 Å². The SMILES string of the molecule is CCCCOc1ccc([C@H](C(=O)NC2CCCCC2)N(C(=O)CCl)[C@@H]2CCCc3ccccc32)cc1. The number of alkyl halides is 1. The van der Waals surface area contributed by atoms with E-state index in [1.165, 1.54) is 12.0 Å². The van der Waals surface area contributed by atoms with Gasteiger partial charge in [-0.3, -0.25) is 9.59 Å². The zero-order valence-electron chi connectivity index (χ0n) is 21.4. The topological polar surface area (TPSA) is 58.6 Å². The smallest absolute Gasteiger partial charge is 0.247 e. The minimum Gasteiger partial charge on any atom is -0.494 e. The number of halogens is 1. The van der Waals surface area contributed by atoms with Crippen molar-refractivity contribution in [1.29, 1.82) is 0 Å². The molecule has 5 nitrogen and oxygen atoms in total. The average molecular weight is 511 g/mol. The zero-order valence-corrected chi connectivity index (χ0v) is 22.1. The van der Waals surface area contributed by atoms with Crippen LogP contribution in [0.3, 0.4) is 0 Å². The molecule has 2 amide bonds. The Bertz CT molecular complexity index is 1000. The minimum atomic E-state index is -0.751. The van der Waals surface area contributed by atoms with Gasteiger partial charge in [0.1, 0.15) is 17.7 Å². The normalized spacial score (nSPS) is 18.7. The Morgan fingerprint density at radius 3 is 2.50 bits per heavy atom. The van der Waals surface area contributed by atoms with E-state index in [0.717, 1.165) is 74.7 Å². The van der Waals surface area contributed by atoms with Crippen molar-refractivity contribution in [3.8, 4) is 5.75 Å². The molecule has 194 valence electrons. The van der Waals surface area contributed by atoms with Gasteiger partial charge >= 0.3 is 0 Å². The third-order valence-electron chi connectivity index (χ3n) is 7.52. The van der Waals surface area contributed by atoms with Crippen molar-refractivity contribution in [3.05, 3.63) is 65.2 Å². The molecular weight excluding hydrogens is 472 g/mol. The molecule has 2 aliphatic carbocycles. The largest absolute Gasteiger partial charge is 0.494 e. The van der Waals surface area contributed by atoms with E-state index in [9.17, 15) is 9.59 Å². The maximum Gasteiger partial charge on any atom is 0.247 e. The first kappa shape index (κ1) is 26.5. The van der Waals surface area contributed by atoms with Crippen LogP contribution in [-0.2, 0) is 16.0 Å². The van der Waals surface area contributed by atoms with E-state index in [1.54, 1.807) is 4.90 Å². The van der Waals surface area contributed by atoms with Crippen LogP contribution < -0.4 is 10.1 Å². The van der Waals surface area contributed by atoms with Gasteiger partial charge in [0.15, 0.2) is 0 Å². The molecule has 0 aromatic heterocycles. The van der Waals surface area contributed by atoms with Gasteiger partial charge in [-0.05, 0) is 67.3 Å². The maximum absolute atomic E-state index is 13.9. The standard InChI is InChI=1S/C30H39ClN2O3/c1-2-3-20-36-25-18-16-23(17-19-25)29(30(35)32-24-12-5-4-6-13-24)33(28(34)21-31)27-15-9-11-22-10-7-8-14-26(22)27/h7-8,10,14,16-19,24,27,29H,2-6,9,11-13,15,20-21H2,1H3,(H,32,35)/t27-,29-/m1/s1. The van der Waals surface area contributed by atoms with Gasteiger partial charge in [0, 0.05) is 6.04 Å². The maximum atomic E-state index is 13.9. The van der Waals surface area contributed by atoms with Crippen molar-refractivity contribution in [1.82, 2.24) is 10.2 Å². The highest BCUT2D eigenvalue weighted by Gasteiger charge is 2.39. The molecule has 0 spiro atoms. The predicted molar refractivity (Wildman–Crippen MR) is 144 cm³/mol. The first-order valence-electron chi connectivity index (χ1n) is 13.6. The molecule has 4 rings (SSSR count). The molecule has 6 heteroatoms. The highest BCUT2D eigenvalue weighted by atomic mass is 35.5. The first-order valence-corrected chi connectivity index (χ1v) is 14.1. The monoisotopic (exact) mass is 510 g/mol. The molecule has 36 heavy (non-hydrogen) atoms. The zero-order chi connectivity index (χ0) is 25.3. The van der Waals surface area contributed by atoms with Gasteiger partial charge in [-0.25, -0.2) is 0 Å². The molecule has 0 radical (unpaired) electrons. The number of aryl methyl sites for hydroxylation is 1. The van der Waals surface area contributed by atoms with Crippen LogP contribution in [0.1, 0.15) is 93.5 Å². The van der Waals surface area contributed by atoms with E-state index in [1.807, 2.05) is 36.4 Å². The third-order valence-corrected chi connectivity index (χ3v) is 7.75. The van der Waals surface area contributed by atoms with Crippen LogP contribution in [0.4, 0.5) is 0 Å². The van der Waals surface area contributed by atoms with Gasteiger partial charge in [-0.2, -0.15) is 0 Å². The molecule has 0 saturated heterocycles. The Morgan fingerprint density at radius 1 is 1.03 bits per heavy atom. The lowest BCUT2D eigenvalue weighted by Crippen LogP contribution is -2.49. The van der Waals surface area contributed by atoms with Gasteiger partial charge in [-0.1, -0.05) is 69.0 Å². The van der Waals surface area contributed by atoms with Gasteiger partial charge in [0.25, 0.3) is 0 Å². The summed E-state index contributed by atoms with van der Waals surface area (Å²) in [5.74, 6) is 0.273. The average Bonchev–Trinajstić information content (AvgIpc) is 2.92. The number of rotatable bonds is 10. The number of hydrogen-bond donors (Lipinski definition) is 1. The number of ether oxygens (including phenoxy) is 1. The molecule has 2 aromatic carbocycles. The Labute approximate surface area is 220 Å². The van der Waals surface area contributed by atoms with Crippen LogP contribution in [0.25, 0.3) is 0 Å². The summed E-state index contributed by atoms with van der Waals surface area (Å²) >= 11 is 6.17.